The van der Waals surface area contributed by atoms with Crippen LogP contribution in [-0.4, -0.2) is 48.0 Å². The van der Waals surface area contributed by atoms with E-state index >= 15 is 0 Å². The Hall–Kier alpha value is -0.900. The first-order valence-corrected chi connectivity index (χ1v) is 3.70. The Morgan fingerprint density at radius 3 is 1.58 bits per heavy atom. The van der Waals surface area contributed by atoms with Gasteiger partial charge in [0.15, 0.2) is 0 Å². The van der Waals surface area contributed by atoms with Gasteiger partial charge in [-0.25, -0.2) is 4.79 Å². The van der Waals surface area contributed by atoms with Crippen molar-refractivity contribution in [2.45, 2.75) is 19.4 Å². The van der Waals surface area contributed by atoms with Crippen LogP contribution in [0.15, 0.2) is 0 Å². The summed E-state index contributed by atoms with van der Waals surface area (Å²) in [6.07, 6.45) is 0. The average Bonchev–Trinajstić information content (AvgIpc) is 1.82. The van der Waals surface area contributed by atoms with E-state index in [1.54, 1.807) is 21.1 Å². The second kappa shape index (κ2) is 2.86. The minimum Gasteiger partial charge on any atom is -0.476 e. The SMILES string of the molecule is CC(=O)C(C)(C(=O)O)[N+](C)(C)C. The van der Waals surface area contributed by atoms with Crippen LogP contribution in [0.1, 0.15) is 13.8 Å². The number of aliphatic carboxylic acids is 1. The van der Waals surface area contributed by atoms with Crippen molar-refractivity contribution >= 4 is 11.8 Å². The number of rotatable bonds is 3. The van der Waals surface area contributed by atoms with Crippen LogP contribution in [0, 0.1) is 0 Å². The fourth-order valence-corrected chi connectivity index (χ4v) is 0.910. The van der Waals surface area contributed by atoms with Crippen molar-refractivity contribution in [1.29, 1.82) is 0 Å². The molecular weight excluding hydrogens is 158 g/mol. The van der Waals surface area contributed by atoms with Crippen LogP contribution in [-0.2, 0) is 9.59 Å². The maximum Gasteiger partial charge on any atom is 0.373 e. The van der Waals surface area contributed by atoms with Gasteiger partial charge in [0.05, 0.1) is 21.1 Å². The first-order valence-electron chi connectivity index (χ1n) is 3.70. The van der Waals surface area contributed by atoms with Crippen molar-refractivity contribution in [3.8, 4) is 0 Å². The molecule has 4 nitrogen and oxygen atoms in total. The van der Waals surface area contributed by atoms with Crippen LogP contribution < -0.4 is 0 Å². The van der Waals surface area contributed by atoms with Crippen LogP contribution in [0.25, 0.3) is 0 Å². The van der Waals surface area contributed by atoms with Crippen LogP contribution >= 0.6 is 0 Å². The van der Waals surface area contributed by atoms with E-state index in [1.165, 1.54) is 13.8 Å². The van der Waals surface area contributed by atoms with Gasteiger partial charge in [-0.2, -0.15) is 0 Å². The molecule has 12 heavy (non-hydrogen) atoms. The van der Waals surface area contributed by atoms with Gasteiger partial charge in [-0.15, -0.1) is 0 Å². The number of carboxylic acids is 1. The first-order chi connectivity index (χ1) is 5.14. The Labute approximate surface area is 72.4 Å². The molecule has 4 heteroatoms. The highest BCUT2D eigenvalue weighted by atomic mass is 16.4. The van der Waals surface area contributed by atoms with Gasteiger partial charge in [0, 0.05) is 13.8 Å². The molecule has 0 aliphatic heterocycles. The van der Waals surface area contributed by atoms with Crippen LogP contribution in [0.2, 0.25) is 0 Å². The van der Waals surface area contributed by atoms with Gasteiger partial charge in [0.25, 0.3) is 5.54 Å². The van der Waals surface area contributed by atoms with Crippen LogP contribution in [0.5, 0.6) is 0 Å². The quantitative estimate of drug-likeness (QED) is 0.488. The summed E-state index contributed by atoms with van der Waals surface area (Å²) in [5.41, 5.74) is -1.35. The van der Waals surface area contributed by atoms with E-state index in [2.05, 4.69) is 0 Å². The first kappa shape index (κ1) is 11.1. The molecule has 0 aliphatic rings. The molecule has 0 fully saturated rings. The number of hydrogen-bond donors (Lipinski definition) is 1. The predicted molar refractivity (Wildman–Crippen MR) is 44.8 cm³/mol. The van der Waals surface area contributed by atoms with Crippen molar-refractivity contribution in [2.75, 3.05) is 21.1 Å². The van der Waals surface area contributed by atoms with E-state index in [0.717, 1.165) is 0 Å². The second-order valence-corrected chi connectivity index (χ2v) is 3.95. The average molecular weight is 174 g/mol. The molecule has 0 bridgehead atoms. The summed E-state index contributed by atoms with van der Waals surface area (Å²) in [5, 5.41) is 8.90. The van der Waals surface area contributed by atoms with Crippen molar-refractivity contribution in [2.24, 2.45) is 0 Å². The molecule has 0 aromatic heterocycles. The van der Waals surface area contributed by atoms with Crippen LogP contribution in [0.4, 0.5) is 0 Å². The summed E-state index contributed by atoms with van der Waals surface area (Å²) in [4.78, 5) is 22.0. The van der Waals surface area contributed by atoms with Crippen molar-refractivity contribution in [3.63, 3.8) is 0 Å². The zero-order valence-corrected chi connectivity index (χ0v) is 8.21. The molecule has 0 aromatic carbocycles. The molecule has 1 unspecified atom stereocenters. The molecule has 0 saturated heterocycles. The number of nitrogens with zero attached hydrogens (tertiary/aromatic N) is 1. The third-order valence-corrected chi connectivity index (χ3v) is 2.44. The van der Waals surface area contributed by atoms with Crippen molar-refractivity contribution in [1.82, 2.24) is 0 Å². The number of carbonyl (C=O) groups is 2. The number of hydrogen-bond acceptors (Lipinski definition) is 2. The van der Waals surface area contributed by atoms with E-state index in [0.29, 0.717) is 0 Å². The number of Topliss-reactive ketones (excluding diaryl/α,β-unsaturated/α-hetero) is 1. The van der Waals surface area contributed by atoms with Gasteiger partial charge >= 0.3 is 5.97 Å². The van der Waals surface area contributed by atoms with E-state index in [1.807, 2.05) is 0 Å². The van der Waals surface area contributed by atoms with Crippen molar-refractivity contribution in [3.05, 3.63) is 0 Å². The standard InChI is InChI=1S/C8H15NO3/c1-6(10)8(2,7(11)12)9(3,4)5/h1-5H3/p+1. The molecular formula is C8H16NO3+. The molecule has 0 heterocycles. The van der Waals surface area contributed by atoms with Gasteiger partial charge in [-0.1, -0.05) is 0 Å². The van der Waals surface area contributed by atoms with Crippen LogP contribution in [0.3, 0.4) is 0 Å². The minimum absolute atomic E-state index is 0.0949. The lowest BCUT2D eigenvalue weighted by molar-refractivity contribution is -0.901. The van der Waals surface area contributed by atoms with E-state index in [-0.39, 0.29) is 10.3 Å². The highest BCUT2D eigenvalue weighted by Crippen LogP contribution is 2.19. The number of carboxylic acid groups (broad SMARTS) is 1. The highest BCUT2D eigenvalue weighted by molar-refractivity contribution is 6.04. The van der Waals surface area contributed by atoms with E-state index < -0.39 is 11.5 Å². The number of quaternary nitrogens is 1. The molecule has 0 spiro atoms. The monoisotopic (exact) mass is 174 g/mol. The molecule has 1 N–H and O–H groups in total. The molecule has 0 aromatic rings. The smallest absolute Gasteiger partial charge is 0.373 e. The summed E-state index contributed by atoms with van der Waals surface area (Å²) < 4.78 is 0.0949. The van der Waals surface area contributed by atoms with E-state index in [9.17, 15) is 9.59 Å². The maximum atomic E-state index is 11.2. The zero-order chi connectivity index (χ0) is 10.2. The van der Waals surface area contributed by atoms with E-state index in [4.69, 9.17) is 5.11 Å². The van der Waals surface area contributed by atoms with Gasteiger partial charge in [0.2, 0.25) is 5.78 Å². The lowest BCUT2D eigenvalue weighted by atomic mass is 9.94. The number of carbonyl (C=O) groups excluding carboxylic acids is 1. The second-order valence-electron chi connectivity index (χ2n) is 3.95. The minimum atomic E-state index is -1.35. The highest BCUT2D eigenvalue weighted by Gasteiger charge is 2.50. The molecule has 1 atom stereocenters. The summed E-state index contributed by atoms with van der Waals surface area (Å²) in [6.45, 7) is 2.75. The molecule has 0 radical (unpaired) electrons. The fraction of sp³-hybridized carbons (Fsp3) is 0.750. The third kappa shape index (κ3) is 1.48. The Morgan fingerprint density at radius 2 is 1.58 bits per heavy atom. The Kier molecular flexibility index (Phi) is 2.65. The lowest BCUT2D eigenvalue weighted by Crippen LogP contribution is -2.64. The molecule has 0 aliphatic carbocycles. The lowest BCUT2D eigenvalue weighted by Gasteiger charge is -2.38. The predicted octanol–water partition coefficient (Wildman–Crippen LogP) is 0.125. The molecule has 0 rings (SSSR count). The molecule has 70 valence electrons. The third-order valence-electron chi connectivity index (χ3n) is 2.44. The Balaban J connectivity index is 5.17. The molecule has 0 amide bonds. The van der Waals surface area contributed by atoms with Gasteiger partial charge < -0.3 is 9.59 Å². The zero-order valence-electron chi connectivity index (χ0n) is 8.21. The summed E-state index contributed by atoms with van der Waals surface area (Å²) in [5.74, 6) is -1.41. The number of ketones is 1. The van der Waals surface area contributed by atoms with Crippen molar-refractivity contribution < 1.29 is 19.2 Å². The topological polar surface area (TPSA) is 54.4 Å². The van der Waals surface area contributed by atoms with Gasteiger partial charge in [0.1, 0.15) is 0 Å². The van der Waals surface area contributed by atoms with Gasteiger partial charge in [-0.3, -0.25) is 4.79 Å². The molecule has 0 saturated carbocycles. The maximum absolute atomic E-state index is 11.2. The largest absolute Gasteiger partial charge is 0.476 e. The Morgan fingerprint density at radius 1 is 1.25 bits per heavy atom. The Bertz CT molecular complexity index is 201. The number of likely N-dealkylation sites (N-methyl/N-ethyl adjacent to an activating group) is 1. The normalized spacial score (nSPS) is 16.8. The van der Waals surface area contributed by atoms with Gasteiger partial charge in [-0.05, 0) is 0 Å². The summed E-state index contributed by atoms with van der Waals surface area (Å²) in [6, 6.07) is 0. The fourth-order valence-electron chi connectivity index (χ4n) is 0.910. The summed E-state index contributed by atoms with van der Waals surface area (Å²) in [7, 11) is 5.07. The summed E-state index contributed by atoms with van der Waals surface area (Å²) >= 11 is 0.